The van der Waals surface area contributed by atoms with Gasteiger partial charge < -0.3 is 23.5 Å². The van der Waals surface area contributed by atoms with Gasteiger partial charge in [-0.15, -0.1) is 5.01 Å². The number of fused-ring (bicyclic) bond motifs is 1. The predicted octanol–water partition coefficient (Wildman–Crippen LogP) is 8.06. The summed E-state index contributed by atoms with van der Waals surface area (Å²) < 4.78 is 104. The van der Waals surface area contributed by atoms with Gasteiger partial charge in [0.2, 0.25) is 5.89 Å². The standard InChI is InChI=1S/C32H34F6N4O4/c1-20(40-42(32(36,37)38)19-24-8-6-7-9-27(24)31(33,34)35)43-21(2)44-22(3)45-26-15-16-28-29(18-26)46-30(39-28)17-12-23-10-13-25(14-11-23)41(4)5/h6-18,20-22,40H,19H2,1-5H3/b17-12+. The molecule has 4 rings (SSSR count). The second-order valence-corrected chi connectivity index (χ2v) is 10.5. The van der Waals surface area contributed by atoms with E-state index in [2.05, 4.69) is 10.4 Å². The minimum absolute atomic E-state index is 0.272. The van der Waals surface area contributed by atoms with Crippen molar-refractivity contribution in [1.82, 2.24) is 15.4 Å². The summed E-state index contributed by atoms with van der Waals surface area (Å²) in [5.41, 5.74) is 3.46. The summed E-state index contributed by atoms with van der Waals surface area (Å²) in [5, 5.41) is -0.272. The zero-order valence-corrected chi connectivity index (χ0v) is 25.7. The van der Waals surface area contributed by atoms with Crippen LogP contribution in [0.4, 0.5) is 32.0 Å². The van der Waals surface area contributed by atoms with Crippen LogP contribution < -0.4 is 15.1 Å². The van der Waals surface area contributed by atoms with Gasteiger partial charge in [-0.3, -0.25) is 0 Å². The smallest absolute Gasteiger partial charge is 0.465 e. The Balaban J connectivity index is 1.32. The average Bonchev–Trinajstić information content (AvgIpc) is 3.37. The molecule has 0 radical (unpaired) electrons. The van der Waals surface area contributed by atoms with E-state index < -0.39 is 49.0 Å². The van der Waals surface area contributed by atoms with Crippen LogP contribution in [0.2, 0.25) is 0 Å². The molecular weight excluding hydrogens is 618 g/mol. The van der Waals surface area contributed by atoms with Crippen LogP contribution in [-0.4, -0.2) is 49.2 Å². The molecule has 248 valence electrons. The first kappa shape index (κ1) is 34.8. The van der Waals surface area contributed by atoms with Crippen molar-refractivity contribution >= 4 is 28.9 Å². The van der Waals surface area contributed by atoms with Gasteiger partial charge in [0.1, 0.15) is 17.5 Å². The molecule has 0 fully saturated rings. The van der Waals surface area contributed by atoms with E-state index in [9.17, 15) is 26.3 Å². The summed E-state index contributed by atoms with van der Waals surface area (Å²) in [6, 6.07) is 17.0. The Morgan fingerprint density at radius 2 is 1.57 bits per heavy atom. The van der Waals surface area contributed by atoms with Crippen LogP contribution in [0.1, 0.15) is 43.4 Å². The predicted molar refractivity (Wildman–Crippen MR) is 161 cm³/mol. The van der Waals surface area contributed by atoms with E-state index in [4.69, 9.17) is 18.6 Å². The summed E-state index contributed by atoms with van der Waals surface area (Å²) in [4.78, 5) is 6.45. The normalized spacial score (nSPS) is 14.6. The van der Waals surface area contributed by atoms with E-state index in [1.807, 2.05) is 49.3 Å². The molecule has 0 aliphatic carbocycles. The van der Waals surface area contributed by atoms with Gasteiger partial charge in [-0.05, 0) is 68.3 Å². The lowest BCUT2D eigenvalue weighted by Gasteiger charge is -2.31. The van der Waals surface area contributed by atoms with Crippen molar-refractivity contribution in [2.45, 2.75) is 58.6 Å². The first-order valence-electron chi connectivity index (χ1n) is 14.2. The number of nitrogens with one attached hydrogen (secondary N) is 1. The molecule has 3 aromatic carbocycles. The topological polar surface area (TPSA) is 72.2 Å². The summed E-state index contributed by atoms with van der Waals surface area (Å²) in [7, 11) is 3.93. The minimum atomic E-state index is -5.01. The SMILES string of the molecule is CC(NN(Cc1ccccc1C(F)(F)F)C(F)(F)F)OC(C)OC(C)Oc1ccc2nc(/C=C/c3ccc(N(C)C)cc3)oc2c1. The van der Waals surface area contributed by atoms with E-state index >= 15 is 0 Å². The highest BCUT2D eigenvalue weighted by Gasteiger charge is 2.41. The third-order valence-corrected chi connectivity index (χ3v) is 6.58. The van der Waals surface area contributed by atoms with E-state index in [-0.39, 0.29) is 5.01 Å². The number of anilines is 1. The molecule has 14 heteroatoms. The summed E-state index contributed by atoms with van der Waals surface area (Å²) in [6.07, 6.45) is -9.46. The first-order chi connectivity index (χ1) is 21.6. The Bertz CT molecular complexity index is 1600. The van der Waals surface area contributed by atoms with E-state index in [0.717, 1.165) is 29.4 Å². The van der Waals surface area contributed by atoms with Gasteiger partial charge in [0.05, 0.1) is 5.56 Å². The van der Waals surface area contributed by atoms with E-state index in [0.29, 0.717) is 22.7 Å². The number of oxazole rings is 1. The number of ether oxygens (including phenoxy) is 3. The number of hydrogen-bond acceptors (Lipinski definition) is 8. The molecule has 0 aliphatic heterocycles. The summed E-state index contributed by atoms with van der Waals surface area (Å²) >= 11 is 0. The van der Waals surface area contributed by atoms with E-state index in [1.54, 1.807) is 31.2 Å². The van der Waals surface area contributed by atoms with Crippen LogP contribution in [-0.2, 0) is 22.2 Å². The van der Waals surface area contributed by atoms with Crippen molar-refractivity contribution in [2.24, 2.45) is 0 Å². The average molecular weight is 653 g/mol. The molecule has 0 aliphatic rings. The van der Waals surface area contributed by atoms with Gasteiger partial charge in [-0.25, -0.2) is 10.4 Å². The number of nitrogens with zero attached hydrogens (tertiary/aromatic N) is 3. The maximum Gasteiger partial charge on any atom is 0.473 e. The van der Waals surface area contributed by atoms with Crippen molar-refractivity contribution in [2.75, 3.05) is 19.0 Å². The van der Waals surface area contributed by atoms with Crippen LogP contribution in [0.25, 0.3) is 23.3 Å². The molecule has 0 spiro atoms. The van der Waals surface area contributed by atoms with Crippen molar-refractivity contribution in [3.63, 3.8) is 0 Å². The number of benzene rings is 3. The Morgan fingerprint density at radius 3 is 2.22 bits per heavy atom. The van der Waals surface area contributed by atoms with Crippen molar-refractivity contribution in [3.8, 4) is 5.75 Å². The third-order valence-electron chi connectivity index (χ3n) is 6.58. The highest BCUT2D eigenvalue weighted by Crippen LogP contribution is 2.34. The fourth-order valence-electron chi connectivity index (χ4n) is 4.49. The van der Waals surface area contributed by atoms with Gasteiger partial charge in [-0.1, -0.05) is 30.3 Å². The van der Waals surface area contributed by atoms with Crippen molar-refractivity contribution < 1.29 is 45.0 Å². The zero-order chi connectivity index (χ0) is 33.6. The van der Waals surface area contributed by atoms with E-state index in [1.165, 1.54) is 19.9 Å². The summed E-state index contributed by atoms with van der Waals surface area (Å²) in [6.45, 7) is 3.17. The number of hydrogen-bond donors (Lipinski definition) is 1. The van der Waals surface area contributed by atoms with Gasteiger partial charge in [0, 0.05) is 38.5 Å². The maximum absolute atomic E-state index is 13.7. The lowest BCUT2D eigenvalue weighted by molar-refractivity contribution is -0.293. The molecule has 0 saturated heterocycles. The highest BCUT2D eigenvalue weighted by atomic mass is 19.4. The molecule has 4 aromatic rings. The Labute approximate surface area is 262 Å². The van der Waals surface area contributed by atoms with Gasteiger partial charge >= 0.3 is 12.5 Å². The van der Waals surface area contributed by atoms with Gasteiger partial charge in [0.15, 0.2) is 18.2 Å². The second-order valence-electron chi connectivity index (χ2n) is 10.5. The lowest BCUT2D eigenvalue weighted by atomic mass is 10.1. The van der Waals surface area contributed by atoms with Crippen LogP contribution in [0.5, 0.6) is 5.75 Å². The molecular formula is C32H34F6N4O4. The number of hydrazine groups is 1. The molecule has 1 aromatic heterocycles. The maximum atomic E-state index is 13.7. The minimum Gasteiger partial charge on any atom is -0.465 e. The Kier molecular flexibility index (Phi) is 11.0. The molecule has 0 amide bonds. The molecule has 0 bridgehead atoms. The fourth-order valence-corrected chi connectivity index (χ4v) is 4.49. The van der Waals surface area contributed by atoms with Crippen LogP contribution in [0.15, 0.2) is 71.1 Å². The lowest BCUT2D eigenvalue weighted by Crippen LogP contribution is -2.52. The number of rotatable bonds is 13. The quantitative estimate of drug-likeness (QED) is 0.0674. The zero-order valence-electron chi connectivity index (χ0n) is 25.7. The highest BCUT2D eigenvalue weighted by molar-refractivity contribution is 5.77. The van der Waals surface area contributed by atoms with Crippen LogP contribution in [0.3, 0.4) is 0 Å². The van der Waals surface area contributed by atoms with Crippen LogP contribution >= 0.6 is 0 Å². The second kappa shape index (κ2) is 14.5. The number of halogens is 6. The van der Waals surface area contributed by atoms with Crippen LogP contribution in [0, 0.1) is 0 Å². The Morgan fingerprint density at radius 1 is 0.870 bits per heavy atom. The van der Waals surface area contributed by atoms with Crippen molar-refractivity contribution in [1.29, 1.82) is 0 Å². The first-order valence-corrected chi connectivity index (χ1v) is 14.2. The molecule has 8 nitrogen and oxygen atoms in total. The number of alkyl halides is 6. The largest absolute Gasteiger partial charge is 0.473 e. The molecule has 0 saturated carbocycles. The molecule has 1 heterocycles. The Hall–Kier alpha value is -4.11. The molecule has 3 unspecified atom stereocenters. The molecule has 46 heavy (non-hydrogen) atoms. The third kappa shape index (κ3) is 9.69. The van der Waals surface area contributed by atoms with Gasteiger partial charge in [-0.2, -0.15) is 26.3 Å². The summed E-state index contributed by atoms with van der Waals surface area (Å²) in [5.74, 6) is 0.780. The van der Waals surface area contributed by atoms with Gasteiger partial charge in [0.25, 0.3) is 0 Å². The van der Waals surface area contributed by atoms with Crippen molar-refractivity contribution in [3.05, 3.63) is 89.3 Å². The monoisotopic (exact) mass is 652 g/mol. The molecule has 1 N–H and O–H groups in total. The molecule has 3 atom stereocenters. The fraction of sp³-hybridized carbons (Fsp3) is 0.344. The number of aromatic nitrogens is 1.